The van der Waals surface area contributed by atoms with Gasteiger partial charge in [0.1, 0.15) is 5.75 Å². The molecule has 15 heavy (non-hydrogen) atoms. The molecule has 5 heteroatoms. The second-order valence-electron chi connectivity index (χ2n) is 3.31. The third kappa shape index (κ3) is 2.65. The number of rotatable bonds is 3. The summed E-state index contributed by atoms with van der Waals surface area (Å²) < 4.78 is 25.6. The van der Waals surface area contributed by atoms with Gasteiger partial charge in [-0.15, -0.1) is 0 Å². The predicted molar refractivity (Wildman–Crippen MR) is 49.1 cm³/mol. The van der Waals surface area contributed by atoms with E-state index in [4.69, 9.17) is 5.11 Å². The Balaban J connectivity index is 2.91. The van der Waals surface area contributed by atoms with Gasteiger partial charge in [-0.05, 0) is 24.1 Å². The molecule has 3 nitrogen and oxygen atoms in total. The van der Waals surface area contributed by atoms with Crippen LogP contribution in [0.15, 0.2) is 18.2 Å². The number of alkyl halides is 2. The Morgan fingerprint density at radius 1 is 1.47 bits per heavy atom. The molecule has 0 aliphatic heterocycles. The van der Waals surface area contributed by atoms with Crippen LogP contribution in [0.4, 0.5) is 8.78 Å². The van der Waals surface area contributed by atoms with E-state index in [1.807, 2.05) is 0 Å². The predicted octanol–water partition coefficient (Wildman–Crippen LogP) is 1.96. The Labute approximate surface area is 85.0 Å². The number of carboxylic acid groups (broad SMARTS) is 1. The number of carbonyl (C=O) groups is 1. The van der Waals surface area contributed by atoms with Gasteiger partial charge in [-0.3, -0.25) is 0 Å². The molecule has 0 spiro atoms. The lowest BCUT2D eigenvalue weighted by Crippen LogP contribution is -2.30. The van der Waals surface area contributed by atoms with Crippen molar-refractivity contribution in [2.75, 3.05) is 0 Å². The number of phenols is 1. The molecule has 1 aromatic rings. The second-order valence-corrected chi connectivity index (χ2v) is 3.31. The Kier molecular flexibility index (Phi) is 2.93. The average molecular weight is 216 g/mol. The molecule has 0 aliphatic rings. The van der Waals surface area contributed by atoms with E-state index in [1.54, 1.807) is 6.92 Å². The molecule has 1 aromatic carbocycles. The normalized spacial score (nSPS) is 11.4. The van der Waals surface area contributed by atoms with Crippen LogP contribution in [0.1, 0.15) is 11.1 Å². The molecule has 0 unspecified atom stereocenters. The largest absolute Gasteiger partial charge is 0.508 e. The standard InChI is InChI=1S/C10H10F2O3/c1-6-2-3-7(4-8(6)13)5-10(11,12)9(14)15/h2-4,13H,5H2,1H3,(H,14,15). The van der Waals surface area contributed by atoms with E-state index in [2.05, 4.69) is 0 Å². The quantitative estimate of drug-likeness (QED) is 0.812. The fraction of sp³-hybridized carbons (Fsp3) is 0.300. The molecule has 0 atom stereocenters. The minimum absolute atomic E-state index is 0.0884. The van der Waals surface area contributed by atoms with E-state index >= 15 is 0 Å². The fourth-order valence-corrected chi connectivity index (χ4v) is 1.10. The summed E-state index contributed by atoms with van der Waals surface area (Å²) in [6.45, 7) is 1.62. The van der Waals surface area contributed by atoms with Crippen LogP contribution in [0, 0.1) is 6.92 Å². The minimum Gasteiger partial charge on any atom is -0.508 e. The number of aryl methyl sites for hydroxylation is 1. The highest BCUT2D eigenvalue weighted by molar-refractivity contribution is 5.75. The summed E-state index contributed by atoms with van der Waals surface area (Å²) in [4.78, 5) is 10.2. The van der Waals surface area contributed by atoms with Gasteiger partial charge in [0.2, 0.25) is 0 Å². The number of benzene rings is 1. The number of halogens is 2. The van der Waals surface area contributed by atoms with Gasteiger partial charge in [-0.1, -0.05) is 12.1 Å². The first-order chi connectivity index (χ1) is 6.83. The molecule has 0 saturated heterocycles. The Hall–Kier alpha value is -1.65. The van der Waals surface area contributed by atoms with Crippen molar-refractivity contribution < 1.29 is 23.8 Å². The maximum absolute atomic E-state index is 12.8. The van der Waals surface area contributed by atoms with Crippen LogP contribution >= 0.6 is 0 Å². The number of aliphatic carboxylic acids is 1. The van der Waals surface area contributed by atoms with Gasteiger partial charge in [0.25, 0.3) is 0 Å². The van der Waals surface area contributed by atoms with Crippen molar-refractivity contribution in [1.29, 1.82) is 0 Å². The van der Waals surface area contributed by atoms with E-state index in [0.29, 0.717) is 5.56 Å². The van der Waals surface area contributed by atoms with Gasteiger partial charge >= 0.3 is 11.9 Å². The number of aromatic hydroxyl groups is 1. The van der Waals surface area contributed by atoms with Crippen LogP contribution in [0.25, 0.3) is 0 Å². The van der Waals surface area contributed by atoms with Crippen molar-refractivity contribution in [3.63, 3.8) is 0 Å². The number of hydrogen-bond acceptors (Lipinski definition) is 2. The van der Waals surface area contributed by atoms with E-state index in [0.717, 1.165) is 6.07 Å². The van der Waals surface area contributed by atoms with E-state index < -0.39 is 18.3 Å². The molecule has 0 aliphatic carbocycles. The summed E-state index contributed by atoms with van der Waals surface area (Å²) in [5, 5.41) is 17.5. The molecule has 0 bridgehead atoms. The highest BCUT2D eigenvalue weighted by atomic mass is 19.3. The lowest BCUT2D eigenvalue weighted by atomic mass is 10.0. The van der Waals surface area contributed by atoms with Gasteiger partial charge in [-0.25, -0.2) is 4.79 Å². The summed E-state index contributed by atoms with van der Waals surface area (Å²) in [6.07, 6.45) is -0.920. The number of carboxylic acids is 1. The van der Waals surface area contributed by atoms with E-state index in [1.165, 1.54) is 12.1 Å². The maximum atomic E-state index is 12.8. The van der Waals surface area contributed by atoms with Crippen LogP contribution in [0.3, 0.4) is 0 Å². The fourth-order valence-electron chi connectivity index (χ4n) is 1.10. The molecule has 0 saturated carbocycles. The summed E-state index contributed by atoms with van der Waals surface area (Å²) in [5.74, 6) is -6.09. The molecule has 82 valence electrons. The van der Waals surface area contributed by atoms with Crippen LogP contribution in [-0.4, -0.2) is 22.1 Å². The van der Waals surface area contributed by atoms with Crippen LogP contribution in [-0.2, 0) is 11.2 Å². The van der Waals surface area contributed by atoms with Crippen molar-refractivity contribution in [3.05, 3.63) is 29.3 Å². The number of phenolic OH excluding ortho intramolecular Hbond substituents is 1. The lowest BCUT2D eigenvalue weighted by molar-refractivity contribution is -0.164. The third-order valence-electron chi connectivity index (χ3n) is 2.01. The molecule has 1 rings (SSSR count). The molecule has 0 fully saturated rings. The zero-order valence-corrected chi connectivity index (χ0v) is 8.00. The molecule has 0 aromatic heterocycles. The van der Waals surface area contributed by atoms with Crippen LogP contribution < -0.4 is 0 Å². The van der Waals surface area contributed by atoms with E-state index in [9.17, 15) is 18.7 Å². The first-order valence-corrected chi connectivity index (χ1v) is 4.22. The maximum Gasteiger partial charge on any atom is 0.374 e. The summed E-state index contributed by atoms with van der Waals surface area (Å²) >= 11 is 0. The van der Waals surface area contributed by atoms with Gasteiger partial charge < -0.3 is 10.2 Å². The molecule has 0 amide bonds. The zero-order valence-electron chi connectivity index (χ0n) is 8.00. The minimum atomic E-state index is -3.80. The molecule has 0 radical (unpaired) electrons. The van der Waals surface area contributed by atoms with Crippen molar-refractivity contribution in [3.8, 4) is 5.75 Å². The van der Waals surface area contributed by atoms with Crippen LogP contribution in [0.2, 0.25) is 0 Å². The lowest BCUT2D eigenvalue weighted by Gasteiger charge is -2.11. The first kappa shape index (κ1) is 11.4. The highest BCUT2D eigenvalue weighted by Gasteiger charge is 2.38. The van der Waals surface area contributed by atoms with E-state index in [-0.39, 0.29) is 11.3 Å². The summed E-state index contributed by atoms with van der Waals surface area (Å²) in [6, 6.07) is 3.97. The van der Waals surface area contributed by atoms with Gasteiger partial charge in [0, 0.05) is 6.42 Å². The van der Waals surface area contributed by atoms with Crippen molar-refractivity contribution in [2.24, 2.45) is 0 Å². The summed E-state index contributed by atoms with van der Waals surface area (Å²) in [5.41, 5.74) is 0.642. The van der Waals surface area contributed by atoms with Crippen molar-refractivity contribution >= 4 is 5.97 Å². The van der Waals surface area contributed by atoms with Gasteiger partial charge in [0.15, 0.2) is 0 Å². The first-order valence-electron chi connectivity index (χ1n) is 4.22. The second kappa shape index (κ2) is 3.84. The van der Waals surface area contributed by atoms with Gasteiger partial charge in [-0.2, -0.15) is 8.78 Å². The SMILES string of the molecule is Cc1ccc(CC(F)(F)C(=O)O)cc1O. The van der Waals surface area contributed by atoms with Gasteiger partial charge in [0.05, 0.1) is 0 Å². The smallest absolute Gasteiger partial charge is 0.374 e. The summed E-state index contributed by atoms with van der Waals surface area (Å²) in [7, 11) is 0. The number of hydrogen-bond donors (Lipinski definition) is 2. The topological polar surface area (TPSA) is 57.5 Å². The zero-order chi connectivity index (χ0) is 11.6. The van der Waals surface area contributed by atoms with Crippen molar-refractivity contribution in [2.45, 2.75) is 19.3 Å². The van der Waals surface area contributed by atoms with Crippen molar-refractivity contribution in [1.82, 2.24) is 0 Å². The molecule has 2 N–H and O–H groups in total. The molecular formula is C10H10F2O3. The Morgan fingerprint density at radius 3 is 2.53 bits per heavy atom. The van der Waals surface area contributed by atoms with Crippen LogP contribution in [0.5, 0.6) is 5.75 Å². The monoisotopic (exact) mass is 216 g/mol. The Morgan fingerprint density at radius 2 is 2.07 bits per heavy atom. The Bertz CT molecular complexity index is 388. The highest BCUT2D eigenvalue weighted by Crippen LogP contribution is 2.24. The molecular weight excluding hydrogens is 206 g/mol. The third-order valence-corrected chi connectivity index (χ3v) is 2.01. The average Bonchev–Trinajstić information content (AvgIpc) is 2.10. The molecule has 0 heterocycles.